The number of ether oxygens (including phenoxy) is 3. The summed E-state index contributed by atoms with van der Waals surface area (Å²) in [5.74, 6) is 0.765. The number of rotatable bonds is 14. The van der Waals surface area contributed by atoms with Gasteiger partial charge in [-0.3, -0.25) is 4.79 Å². The van der Waals surface area contributed by atoms with E-state index in [1.165, 1.54) is 39.0 Å². The van der Waals surface area contributed by atoms with Crippen LogP contribution in [0.25, 0.3) is 0 Å². The molecule has 7 heteroatoms. The Hall–Kier alpha value is -3.35. The van der Waals surface area contributed by atoms with E-state index in [-0.39, 0.29) is 5.91 Å². The van der Waals surface area contributed by atoms with Crippen molar-refractivity contribution < 1.29 is 23.8 Å². The van der Waals surface area contributed by atoms with Gasteiger partial charge in [-0.2, -0.15) is 5.10 Å². The molecule has 2 aromatic carbocycles. The van der Waals surface area contributed by atoms with Crippen molar-refractivity contribution in [3.05, 3.63) is 53.6 Å². The Morgan fingerprint density at radius 1 is 0.939 bits per heavy atom. The maximum Gasteiger partial charge on any atom is 0.343 e. The first-order valence-electron chi connectivity index (χ1n) is 11.5. The van der Waals surface area contributed by atoms with Gasteiger partial charge in [-0.05, 0) is 61.4 Å². The van der Waals surface area contributed by atoms with Gasteiger partial charge in [0, 0.05) is 6.42 Å². The van der Waals surface area contributed by atoms with Gasteiger partial charge in [-0.1, -0.05) is 39.0 Å². The summed E-state index contributed by atoms with van der Waals surface area (Å²) in [5.41, 5.74) is 3.65. The number of nitrogens with zero attached hydrogens (tertiary/aromatic N) is 1. The van der Waals surface area contributed by atoms with Crippen LogP contribution in [0.4, 0.5) is 0 Å². The molecule has 0 saturated carbocycles. The number of hydrogen-bond donors (Lipinski definition) is 1. The summed E-state index contributed by atoms with van der Waals surface area (Å²) in [5, 5.41) is 4.01. The molecule has 1 N–H and O–H groups in total. The summed E-state index contributed by atoms with van der Waals surface area (Å²) >= 11 is 0. The van der Waals surface area contributed by atoms with Crippen molar-refractivity contribution in [3.63, 3.8) is 0 Å². The van der Waals surface area contributed by atoms with Crippen LogP contribution in [-0.4, -0.2) is 31.8 Å². The SMILES string of the molecule is CCCCCCCCC(=O)N/N=C/c1ccc(OC(=O)c2ccc(OCC)cc2)c(OC)c1. The lowest BCUT2D eigenvalue weighted by atomic mass is 10.1. The molecule has 0 spiro atoms. The molecule has 0 fully saturated rings. The number of hydrazone groups is 1. The van der Waals surface area contributed by atoms with Crippen molar-refractivity contribution in [2.45, 2.75) is 58.8 Å². The molecule has 0 aliphatic heterocycles. The van der Waals surface area contributed by atoms with Crippen LogP contribution in [0.5, 0.6) is 17.2 Å². The fraction of sp³-hybridized carbons (Fsp3) is 0.423. The third kappa shape index (κ3) is 9.35. The highest BCUT2D eigenvalue weighted by Crippen LogP contribution is 2.28. The van der Waals surface area contributed by atoms with Crippen molar-refractivity contribution in [1.82, 2.24) is 5.43 Å². The molecule has 0 heterocycles. The predicted molar refractivity (Wildman–Crippen MR) is 129 cm³/mol. The molecule has 2 aromatic rings. The zero-order chi connectivity index (χ0) is 23.9. The van der Waals surface area contributed by atoms with Crippen LogP contribution in [0.1, 0.15) is 74.7 Å². The summed E-state index contributed by atoms with van der Waals surface area (Å²) in [6.45, 7) is 4.64. The second kappa shape index (κ2) is 14.7. The van der Waals surface area contributed by atoms with Gasteiger partial charge in [0.25, 0.3) is 0 Å². The van der Waals surface area contributed by atoms with Crippen LogP contribution >= 0.6 is 0 Å². The minimum absolute atomic E-state index is 0.102. The first-order valence-corrected chi connectivity index (χ1v) is 11.5. The third-order valence-corrected chi connectivity index (χ3v) is 4.95. The number of esters is 1. The number of nitrogens with one attached hydrogen (secondary N) is 1. The number of unbranched alkanes of at least 4 members (excludes halogenated alkanes) is 5. The fourth-order valence-corrected chi connectivity index (χ4v) is 3.16. The Morgan fingerprint density at radius 3 is 2.36 bits per heavy atom. The minimum atomic E-state index is -0.500. The number of amides is 1. The van der Waals surface area contributed by atoms with Crippen LogP contribution in [0.3, 0.4) is 0 Å². The molecule has 1 amide bonds. The molecule has 178 valence electrons. The summed E-state index contributed by atoms with van der Waals surface area (Å²) in [6, 6.07) is 11.8. The summed E-state index contributed by atoms with van der Waals surface area (Å²) in [7, 11) is 1.49. The summed E-state index contributed by atoms with van der Waals surface area (Å²) in [6.07, 6.45) is 8.78. The normalized spacial score (nSPS) is 10.8. The highest BCUT2D eigenvalue weighted by Gasteiger charge is 2.13. The average molecular weight is 455 g/mol. The van der Waals surface area contributed by atoms with Crippen LogP contribution in [0.15, 0.2) is 47.6 Å². The van der Waals surface area contributed by atoms with Crippen molar-refractivity contribution in [1.29, 1.82) is 0 Å². The topological polar surface area (TPSA) is 86.2 Å². The number of methoxy groups -OCH3 is 1. The molecule has 0 aromatic heterocycles. The molecule has 0 aliphatic carbocycles. The molecule has 0 aliphatic rings. The molecule has 0 unspecified atom stereocenters. The maximum atomic E-state index is 12.5. The van der Waals surface area contributed by atoms with Crippen molar-refractivity contribution in [3.8, 4) is 17.2 Å². The van der Waals surface area contributed by atoms with Gasteiger partial charge in [0.1, 0.15) is 5.75 Å². The molecular formula is C26H34N2O5. The quantitative estimate of drug-likeness (QED) is 0.134. The second-order valence-corrected chi connectivity index (χ2v) is 7.57. The van der Waals surface area contributed by atoms with E-state index in [2.05, 4.69) is 17.5 Å². The molecule has 0 atom stereocenters. The molecule has 0 bridgehead atoms. The zero-order valence-corrected chi connectivity index (χ0v) is 19.8. The number of carbonyl (C=O) groups excluding carboxylic acids is 2. The Labute approximate surface area is 196 Å². The highest BCUT2D eigenvalue weighted by atomic mass is 16.6. The largest absolute Gasteiger partial charge is 0.494 e. The summed E-state index contributed by atoms with van der Waals surface area (Å²) in [4.78, 5) is 24.3. The smallest absolute Gasteiger partial charge is 0.343 e. The van der Waals surface area contributed by atoms with E-state index >= 15 is 0 Å². The Bertz CT molecular complexity index is 909. The van der Waals surface area contributed by atoms with E-state index in [1.807, 2.05) is 6.92 Å². The van der Waals surface area contributed by atoms with Crippen molar-refractivity contribution in [2.24, 2.45) is 5.10 Å². The van der Waals surface area contributed by atoms with Gasteiger partial charge in [-0.25, -0.2) is 10.2 Å². The van der Waals surface area contributed by atoms with Gasteiger partial charge in [0.2, 0.25) is 5.91 Å². The van der Waals surface area contributed by atoms with Crippen LogP contribution in [0, 0.1) is 0 Å². The van der Waals surface area contributed by atoms with Gasteiger partial charge in [-0.15, -0.1) is 0 Å². The van der Waals surface area contributed by atoms with Crippen LogP contribution < -0.4 is 19.6 Å². The fourth-order valence-electron chi connectivity index (χ4n) is 3.16. The Kier molecular flexibility index (Phi) is 11.5. The Balaban J connectivity index is 1.86. The van der Waals surface area contributed by atoms with Gasteiger partial charge in [0.05, 0.1) is 25.5 Å². The number of benzene rings is 2. The zero-order valence-electron chi connectivity index (χ0n) is 19.8. The summed E-state index contributed by atoms with van der Waals surface area (Å²) < 4.78 is 16.2. The Morgan fingerprint density at radius 2 is 1.67 bits per heavy atom. The van der Waals surface area contributed by atoms with E-state index < -0.39 is 5.97 Å². The monoisotopic (exact) mass is 454 g/mol. The lowest BCUT2D eigenvalue weighted by molar-refractivity contribution is -0.121. The number of carbonyl (C=O) groups is 2. The van der Waals surface area contributed by atoms with Crippen molar-refractivity contribution in [2.75, 3.05) is 13.7 Å². The van der Waals surface area contributed by atoms with Crippen LogP contribution in [0.2, 0.25) is 0 Å². The van der Waals surface area contributed by atoms with E-state index in [1.54, 1.807) is 42.5 Å². The van der Waals surface area contributed by atoms with Crippen molar-refractivity contribution >= 4 is 18.1 Å². The first-order chi connectivity index (χ1) is 16.1. The lowest BCUT2D eigenvalue weighted by Crippen LogP contribution is -2.16. The molecular weight excluding hydrogens is 420 g/mol. The molecule has 2 rings (SSSR count). The first kappa shape index (κ1) is 25.9. The lowest BCUT2D eigenvalue weighted by Gasteiger charge is -2.10. The standard InChI is InChI=1S/C26H34N2O5/c1-4-6-7-8-9-10-11-25(29)28-27-19-20-12-17-23(24(18-20)31-3)33-26(30)21-13-15-22(16-14-21)32-5-2/h12-19H,4-11H2,1-3H3,(H,28,29)/b27-19+. The maximum absolute atomic E-state index is 12.5. The van der Waals surface area contributed by atoms with Gasteiger partial charge < -0.3 is 14.2 Å². The van der Waals surface area contributed by atoms with E-state index in [0.717, 1.165) is 12.8 Å². The second-order valence-electron chi connectivity index (χ2n) is 7.57. The predicted octanol–water partition coefficient (Wildman–Crippen LogP) is 5.51. The van der Waals surface area contributed by atoms with E-state index in [0.29, 0.717) is 41.4 Å². The van der Waals surface area contributed by atoms with E-state index in [4.69, 9.17) is 14.2 Å². The third-order valence-electron chi connectivity index (χ3n) is 4.95. The average Bonchev–Trinajstić information content (AvgIpc) is 2.82. The van der Waals surface area contributed by atoms with Gasteiger partial charge >= 0.3 is 5.97 Å². The molecule has 7 nitrogen and oxygen atoms in total. The van der Waals surface area contributed by atoms with E-state index in [9.17, 15) is 9.59 Å². The minimum Gasteiger partial charge on any atom is -0.494 e. The number of hydrogen-bond acceptors (Lipinski definition) is 6. The van der Waals surface area contributed by atoms with Crippen LogP contribution in [-0.2, 0) is 4.79 Å². The molecule has 0 saturated heterocycles. The molecule has 0 radical (unpaired) electrons. The van der Waals surface area contributed by atoms with Gasteiger partial charge in [0.15, 0.2) is 11.5 Å². The highest BCUT2D eigenvalue weighted by molar-refractivity contribution is 5.91. The molecule has 33 heavy (non-hydrogen) atoms.